The van der Waals surface area contributed by atoms with Gasteiger partial charge >= 0.3 is 0 Å². The van der Waals surface area contributed by atoms with Gasteiger partial charge in [-0.15, -0.1) is 0 Å². The lowest BCUT2D eigenvalue weighted by atomic mass is 9.96. The molecule has 1 aliphatic heterocycles. The van der Waals surface area contributed by atoms with E-state index in [9.17, 15) is 24.3 Å². The lowest BCUT2D eigenvalue weighted by Gasteiger charge is -2.26. The van der Waals surface area contributed by atoms with Crippen molar-refractivity contribution >= 4 is 23.6 Å². The van der Waals surface area contributed by atoms with Crippen molar-refractivity contribution in [3.05, 3.63) is 53.6 Å². The fourth-order valence-electron chi connectivity index (χ4n) is 5.54. The number of hydrogen-bond donors (Lipinski definition) is 10. The van der Waals surface area contributed by atoms with E-state index >= 15 is 0 Å². The highest BCUT2D eigenvalue weighted by Gasteiger charge is 2.31. The van der Waals surface area contributed by atoms with Crippen LogP contribution in [0.25, 0.3) is 11.1 Å². The van der Waals surface area contributed by atoms with Crippen LogP contribution in [0.2, 0.25) is 0 Å². The monoisotopic (exact) mass is 668 g/mol. The summed E-state index contributed by atoms with van der Waals surface area (Å²) in [4.78, 5) is 53.9. The minimum absolute atomic E-state index is 0.00393. The van der Waals surface area contributed by atoms with Crippen molar-refractivity contribution in [2.75, 3.05) is 26.2 Å². The second-order valence-electron chi connectivity index (χ2n) is 12.3. The van der Waals surface area contributed by atoms with Crippen LogP contribution in [0.15, 0.2) is 42.5 Å². The summed E-state index contributed by atoms with van der Waals surface area (Å²) in [7, 11) is 0. The number of aliphatic hydroxyl groups excluding tert-OH is 1. The third kappa shape index (κ3) is 11.9. The van der Waals surface area contributed by atoms with Gasteiger partial charge in [0.05, 0.1) is 12.6 Å². The number of phenolic OH excluding ortho intramolecular Hbond substituents is 1. The highest BCUT2D eigenvalue weighted by atomic mass is 16.3. The second kappa shape index (κ2) is 19.7. The number of aromatic hydroxyl groups is 1. The van der Waals surface area contributed by atoms with Crippen molar-refractivity contribution in [3.63, 3.8) is 0 Å². The highest BCUT2D eigenvalue weighted by molar-refractivity contribution is 5.95. The van der Waals surface area contributed by atoms with Gasteiger partial charge in [-0.3, -0.25) is 19.2 Å². The summed E-state index contributed by atoms with van der Waals surface area (Å²) in [5.41, 5.74) is 26.2. The lowest BCUT2D eigenvalue weighted by molar-refractivity contribution is -0.134. The predicted octanol–water partition coefficient (Wildman–Crippen LogP) is -0.977. The number of nitrogens with one attached hydrogen (secondary N) is 4. The number of fused-ring (bicyclic) bond motifs is 5. The van der Waals surface area contributed by atoms with Crippen LogP contribution >= 0.6 is 0 Å². The van der Waals surface area contributed by atoms with Crippen molar-refractivity contribution in [1.29, 1.82) is 0 Å². The minimum atomic E-state index is -1.10. The molecule has 0 radical (unpaired) electrons. The lowest BCUT2D eigenvalue weighted by Crippen LogP contribution is -2.58. The summed E-state index contributed by atoms with van der Waals surface area (Å²) in [6.45, 7) is 0.847. The number of unbranched alkanes of at least 4 members (excludes halogenated alkanes) is 1. The Morgan fingerprint density at radius 3 is 2.40 bits per heavy atom. The number of benzene rings is 2. The van der Waals surface area contributed by atoms with E-state index < -0.39 is 41.9 Å². The smallest absolute Gasteiger partial charge is 0.243 e. The molecule has 0 unspecified atom stereocenters. The zero-order chi connectivity index (χ0) is 35.1. The number of carbonyl (C=O) groups excluding carboxylic acids is 4. The maximum atomic E-state index is 13.9. The maximum Gasteiger partial charge on any atom is 0.243 e. The zero-order valence-electron chi connectivity index (χ0n) is 27.5. The molecular weight excluding hydrogens is 616 g/mol. The van der Waals surface area contributed by atoms with Gasteiger partial charge in [-0.05, 0) is 86.0 Å². The molecule has 1 aliphatic rings. The van der Waals surface area contributed by atoms with E-state index in [4.69, 9.17) is 28.0 Å². The van der Waals surface area contributed by atoms with Crippen molar-refractivity contribution < 1.29 is 29.4 Å². The van der Waals surface area contributed by atoms with Crippen LogP contribution in [0.1, 0.15) is 56.1 Å². The van der Waals surface area contributed by atoms with Crippen molar-refractivity contribution in [2.45, 2.75) is 88.0 Å². The predicted molar refractivity (Wildman–Crippen MR) is 183 cm³/mol. The number of hydrogen-bond acceptors (Lipinski definition) is 10. The molecule has 264 valence electrons. The molecular formula is C34H52N8O6. The molecule has 4 bridgehead atoms. The van der Waals surface area contributed by atoms with E-state index in [0.29, 0.717) is 50.8 Å². The molecule has 0 aliphatic carbocycles. The Hall–Kier alpha value is -4.08. The molecule has 0 fully saturated rings. The van der Waals surface area contributed by atoms with Crippen molar-refractivity contribution in [3.8, 4) is 16.9 Å². The summed E-state index contributed by atoms with van der Waals surface area (Å²) in [5, 5.41) is 30.8. The summed E-state index contributed by atoms with van der Waals surface area (Å²) in [5.74, 6) is -2.14. The van der Waals surface area contributed by atoms with E-state index in [1.807, 2.05) is 24.3 Å². The van der Waals surface area contributed by atoms with E-state index in [0.717, 1.165) is 16.7 Å². The normalized spacial score (nSPS) is 19.6. The molecule has 2 aromatic carbocycles. The molecule has 0 aromatic heterocycles. The SMILES string of the molecule is NCCC[C@H](NC(=O)[C@@H]1Cc2cccc(c2)-c2ccc(O)c(c2)C[C@H](N)C(=O)N[C@@H](CCCN)C(=O)N1)C(=O)NCCCC[C@H](N)CO. The van der Waals surface area contributed by atoms with E-state index in [2.05, 4.69) is 21.3 Å². The molecule has 14 nitrogen and oxygen atoms in total. The molecule has 5 atom stereocenters. The fraction of sp³-hybridized carbons (Fsp3) is 0.529. The van der Waals surface area contributed by atoms with Crippen LogP contribution in [-0.2, 0) is 32.0 Å². The number of nitrogens with two attached hydrogens (primary N) is 4. The van der Waals surface area contributed by atoms with E-state index in [1.165, 1.54) is 0 Å². The standard InChI is InChI=1S/C34H52N8O6/c35-13-4-9-27(32(46)39-15-2-1-8-25(37)20-43)41-34(48)29-17-21-6-3-7-22(16-21)23-11-12-30(44)24(18-23)19-26(38)31(45)40-28(10-5-14-36)33(47)42-29/h3,6-7,11-12,16,18,25-29,43-44H,1-2,4-5,8-10,13-15,17,19-20,35-38H2,(H,39,46)(H,40,45)(H,41,48)(H,42,47)/t25-,26-,27-,28-,29-/m0/s1. The summed E-state index contributed by atoms with van der Waals surface area (Å²) < 4.78 is 0. The third-order valence-electron chi connectivity index (χ3n) is 8.38. The first-order valence-corrected chi connectivity index (χ1v) is 16.7. The van der Waals surface area contributed by atoms with Gasteiger partial charge in [0, 0.05) is 25.4 Å². The Balaban J connectivity index is 1.90. The first-order chi connectivity index (χ1) is 23.1. The van der Waals surface area contributed by atoms with E-state index in [1.54, 1.807) is 18.2 Å². The van der Waals surface area contributed by atoms with Gasteiger partial charge in [0.1, 0.15) is 23.9 Å². The first-order valence-electron chi connectivity index (χ1n) is 16.7. The summed E-state index contributed by atoms with van der Waals surface area (Å²) in [6.07, 6.45) is 3.49. The molecule has 0 saturated heterocycles. The van der Waals surface area contributed by atoms with Gasteiger partial charge in [-0.25, -0.2) is 0 Å². The number of carbonyl (C=O) groups is 4. The molecule has 3 rings (SSSR count). The van der Waals surface area contributed by atoms with E-state index in [-0.39, 0.29) is 56.5 Å². The molecule has 4 amide bonds. The first kappa shape index (κ1) is 38.4. The zero-order valence-corrected chi connectivity index (χ0v) is 27.5. The highest BCUT2D eigenvalue weighted by Crippen LogP contribution is 2.28. The van der Waals surface area contributed by atoms with Crippen LogP contribution in [0.5, 0.6) is 5.75 Å². The minimum Gasteiger partial charge on any atom is -0.508 e. The molecule has 0 spiro atoms. The van der Waals surface area contributed by atoms with Crippen LogP contribution in [0, 0.1) is 0 Å². The Bertz CT molecular complexity index is 1370. The quantitative estimate of drug-likeness (QED) is 0.104. The average molecular weight is 669 g/mol. The largest absolute Gasteiger partial charge is 0.508 e. The van der Waals surface area contributed by atoms with Crippen LogP contribution < -0.4 is 44.2 Å². The topological polar surface area (TPSA) is 261 Å². The number of aliphatic hydroxyl groups is 1. The third-order valence-corrected chi connectivity index (χ3v) is 8.38. The number of phenols is 1. The molecule has 2 aromatic rings. The number of rotatable bonds is 15. The Kier molecular flexibility index (Phi) is 15.7. The molecule has 0 saturated carbocycles. The molecule has 14 N–H and O–H groups in total. The van der Waals surface area contributed by atoms with Crippen LogP contribution in [-0.4, -0.2) is 90.3 Å². The Morgan fingerprint density at radius 2 is 1.67 bits per heavy atom. The average Bonchev–Trinajstić information content (AvgIpc) is 3.08. The van der Waals surface area contributed by atoms with Gasteiger partial charge < -0.3 is 54.4 Å². The Labute approximate surface area is 281 Å². The van der Waals surface area contributed by atoms with Gasteiger partial charge in [0.2, 0.25) is 23.6 Å². The van der Waals surface area contributed by atoms with Gasteiger partial charge in [-0.1, -0.05) is 36.8 Å². The van der Waals surface area contributed by atoms with Crippen molar-refractivity contribution in [1.82, 2.24) is 21.3 Å². The maximum absolute atomic E-state index is 13.9. The second-order valence-corrected chi connectivity index (χ2v) is 12.3. The number of amides is 4. The van der Waals surface area contributed by atoms with Gasteiger partial charge in [0.25, 0.3) is 0 Å². The molecule has 14 heteroatoms. The molecule has 1 heterocycles. The van der Waals surface area contributed by atoms with Gasteiger partial charge in [0.15, 0.2) is 0 Å². The molecule has 48 heavy (non-hydrogen) atoms. The van der Waals surface area contributed by atoms with Gasteiger partial charge in [-0.2, -0.15) is 0 Å². The van der Waals surface area contributed by atoms with Crippen LogP contribution in [0.3, 0.4) is 0 Å². The Morgan fingerprint density at radius 1 is 0.917 bits per heavy atom. The summed E-state index contributed by atoms with van der Waals surface area (Å²) in [6, 6.07) is 8.08. The fourth-order valence-corrected chi connectivity index (χ4v) is 5.54. The van der Waals surface area contributed by atoms with Crippen molar-refractivity contribution in [2.24, 2.45) is 22.9 Å². The summed E-state index contributed by atoms with van der Waals surface area (Å²) >= 11 is 0. The van der Waals surface area contributed by atoms with Crippen LogP contribution in [0.4, 0.5) is 0 Å².